The van der Waals surface area contributed by atoms with Crippen LogP contribution in [0.1, 0.15) is 49.2 Å². The number of benzene rings is 1. The zero-order chi connectivity index (χ0) is 17.3. The second kappa shape index (κ2) is 6.67. The van der Waals surface area contributed by atoms with Gasteiger partial charge in [0.2, 0.25) is 5.76 Å². The first-order valence-electron chi connectivity index (χ1n) is 8.45. The highest BCUT2D eigenvalue weighted by Gasteiger charge is 2.30. The molecule has 0 unspecified atom stereocenters. The molecule has 2 atom stereocenters. The van der Waals surface area contributed by atoms with Gasteiger partial charge < -0.3 is 14.1 Å². The second-order valence-electron chi connectivity index (χ2n) is 6.56. The van der Waals surface area contributed by atoms with E-state index in [9.17, 15) is 9.59 Å². The van der Waals surface area contributed by atoms with E-state index in [1.54, 1.807) is 6.07 Å². The number of hydrogen-bond donors (Lipinski definition) is 0. The first kappa shape index (κ1) is 16.6. The van der Waals surface area contributed by atoms with Gasteiger partial charge in [0.25, 0.3) is 5.91 Å². The first-order chi connectivity index (χ1) is 11.5. The molecule has 0 spiro atoms. The molecule has 0 radical (unpaired) electrons. The quantitative estimate of drug-likeness (QED) is 0.806. The summed E-state index contributed by atoms with van der Waals surface area (Å²) in [4.78, 5) is 26.6. The molecule has 24 heavy (non-hydrogen) atoms. The molecule has 0 aliphatic carbocycles. The Morgan fingerprint density at radius 1 is 1.21 bits per heavy atom. The monoisotopic (exact) mass is 329 g/mol. The minimum atomic E-state index is -0.589. The number of ether oxygens (including phenoxy) is 1. The Morgan fingerprint density at radius 2 is 1.88 bits per heavy atom. The number of esters is 1. The van der Waals surface area contributed by atoms with Gasteiger partial charge in [-0.25, -0.2) is 4.79 Å². The number of amides is 1. The van der Waals surface area contributed by atoms with Crippen molar-refractivity contribution in [2.45, 2.75) is 52.1 Å². The maximum Gasteiger partial charge on any atom is 0.375 e. The van der Waals surface area contributed by atoms with Crippen molar-refractivity contribution in [3.8, 4) is 0 Å². The maximum atomic E-state index is 12.4. The van der Waals surface area contributed by atoms with Crippen LogP contribution in [0.15, 0.2) is 28.7 Å². The van der Waals surface area contributed by atoms with E-state index in [4.69, 9.17) is 9.15 Å². The summed E-state index contributed by atoms with van der Waals surface area (Å²) in [5.74, 6) is -0.560. The minimum Gasteiger partial charge on any atom is -0.450 e. The summed E-state index contributed by atoms with van der Waals surface area (Å²) in [5.41, 5.74) is 1.38. The van der Waals surface area contributed by atoms with Crippen molar-refractivity contribution in [1.82, 2.24) is 4.90 Å². The summed E-state index contributed by atoms with van der Waals surface area (Å²) >= 11 is 0. The van der Waals surface area contributed by atoms with Crippen molar-refractivity contribution in [3.05, 3.63) is 35.6 Å². The van der Waals surface area contributed by atoms with E-state index < -0.39 is 5.97 Å². The molecule has 1 fully saturated rings. The molecule has 2 aromatic rings. The van der Waals surface area contributed by atoms with E-state index >= 15 is 0 Å². The SMILES string of the molecule is Cc1c(C(=O)OCC(=O)N2[C@@H](C)CCC[C@@H]2C)oc2ccccc12. The van der Waals surface area contributed by atoms with Crippen molar-refractivity contribution in [1.29, 1.82) is 0 Å². The van der Waals surface area contributed by atoms with E-state index in [2.05, 4.69) is 0 Å². The fourth-order valence-corrected chi connectivity index (χ4v) is 3.55. The summed E-state index contributed by atoms with van der Waals surface area (Å²) in [7, 11) is 0. The lowest BCUT2D eigenvalue weighted by molar-refractivity contribution is -0.140. The van der Waals surface area contributed by atoms with Crippen molar-refractivity contribution in [2.75, 3.05) is 6.61 Å². The van der Waals surface area contributed by atoms with E-state index in [-0.39, 0.29) is 30.4 Å². The molecule has 1 saturated heterocycles. The number of rotatable bonds is 3. The number of para-hydroxylation sites is 1. The third-order valence-electron chi connectivity index (χ3n) is 4.84. The molecule has 0 N–H and O–H groups in total. The lowest BCUT2D eigenvalue weighted by atomic mass is 9.97. The Bertz CT molecular complexity index is 754. The molecule has 5 heteroatoms. The predicted molar refractivity (Wildman–Crippen MR) is 90.9 cm³/mol. The van der Waals surface area contributed by atoms with Gasteiger partial charge in [-0.1, -0.05) is 18.2 Å². The molecular formula is C19H23NO4. The van der Waals surface area contributed by atoms with Gasteiger partial charge in [0.15, 0.2) is 6.61 Å². The van der Waals surface area contributed by atoms with Crippen LogP contribution < -0.4 is 0 Å². The van der Waals surface area contributed by atoms with Crippen LogP contribution in [0.2, 0.25) is 0 Å². The molecule has 1 amide bonds. The second-order valence-corrected chi connectivity index (χ2v) is 6.56. The van der Waals surface area contributed by atoms with Crippen molar-refractivity contribution < 1.29 is 18.7 Å². The van der Waals surface area contributed by atoms with Crippen LogP contribution in [-0.2, 0) is 9.53 Å². The fourth-order valence-electron chi connectivity index (χ4n) is 3.55. The molecule has 1 aromatic carbocycles. The van der Waals surface area contributed by atoms with Gasteiger partial charge in [0, 0.05) is 23.0 Å². The minimum absolute atomic E-state index is 0.142. The number of hydrogen-bond acceptors (Lipinski definition) is 4. The number of furan rings is 1. The largest absolute Gasteiger partial charge is 0.450 e. The number of likely N-dealkylation sites (tertiary alicyclic amines) is 1. The van der Waals surface area contributed by atoms with Gasteiger partial charge in [-0.2, -0.15) is 0 Å². The van der Waals surface area contributed by atoms with Crippen molar-refractivity contribution in [2.24, 2.45) is 0 Å². The fraction of sp³-hybridized carbons (Fsp3) is 0.474. The molecule has 128 valence electrons. The number of aryl methyl sites for hydroxylation is 1. The van der Waals surface area contributed by atoms with Gasteiger partial charge in [-0.3, -0.25) is 4.79 Å². The highest BCUT2D eigenvalue weighted by molar-refractivity contribution is 5.96. The molecule has 3 rings (SSSR count). The van der Waals surface area contributed by atoms with E-state index in [1.165, 1.54) is 0 Å². The van der Waals surface area contributed by atoms with Crippen LogP contribution in [0.3, 0.4) is 0 Å². The van der Waals surface area contributed by atoms with Crippen LogP contribution in [0.4, 0.5) is 0 Å². The Balaban J connectivity index is 1.68. The number of piperidine rings is 1. The third kappa shape index (κ3) is 3.03. The van der Waals surface area contributed by atoms with Crippen LogP contribution in [0.5, 0.6) is 0 Å². The van der Waals surface area contributed by atoms with Gasteiger partial charge >= 0.3 is 5.97 Å². The van der Waals surface area contributed by atoms with Crippen LogP contribution in [0.25, 0.3) is 11.0 Å². The van der Waals surface area contributed by atoms with Gasteiger partial charge in [0.1, 0.15) is 5.58 Å². The smallest absolute Gasteiger partial charge is 0.375 e. The van der Waals surface area contributed by atoms with E-state index in [0.717, 1.165) is 30.2 Å². The maximum absolute atomic E-state index is 12.4. The normalized spacial score (nSPS) is 21.0. The first-order valence-corrected chi connectivity index (χ1v) is 8.45. The molecule has 0 bridgehead atoms. The molecular weight excluding hydrogens is 306 g/mol. The summed E-state index contributed by atoms with van der Waals surface area (Å²) in [6.07, 6.45) is 3.11. The summed E-state index contributed by atoms with van der Waals surface area (Å²) in [6.45, 7) is 5.65. The third-order valence-corrected chi connectivity index (χ3v) is 4.84. The average molecular weight is 329 g/mol. The van der Waals surface area contributed by atoms with Gasteiger partial charge in [-0.15, -0.1) is 0 Å². The topological polar surface area (TPSA) is 59.8 Å². The van der Waals surface area contributed by atoms with Crippen molar-refractivity contribution >= 4 is 22.8 Å². The number of fused-ring (bicyclic) bond motifs is 1. The van der Waals surface area contributed by atoms with E-state index in [0.29, 0.717) is 5.58 Å². The number of nitrogens with zero attached hydrogens (tertiary/aromatic N) is 1. The number of carbonyl (C=O) groups is 2. The standard InChI is InChI=1S/C19H23NO4/c1-12-7-6-8-13(2)20(12)17(21)11-23-19(22)18-14(3)15-9-4-5-10-16(15)24-18/h4-5,9-10,12-13H,6-8,11H2,1-3H3/t12-,13-/m0/s1. The molecule has 1 aliphatic heterocycles. The Labute approximate surface area is 141 Å². The lowest BCUT2D eigenvalue weighted by Gasteiger charge is -2.38. The zero-order valence-corrected chi connectivity index (χ0v) is 14.4. The average Bonchev–Trinajstić information content (AvgIpc) is 2.90. The van der Waals surface area contributed by atoms with Crippen LogP contribution in [-0.4, -0.2) is 35.5 Å². The molecule has 0 saturated carbocycles. The summed E-state index contributed by atoms with van der Waals surface area (Å²) in [6, 6.07) is 7.82. The number of carbonyl (C=O) groups excluding carboxylic acids is 2. The van der Waals surface area contributed by atoms with E-state index in [1.807, 2.05) is 43.9 Å². The lowest BCUT2D eigenvalue weighted by Crippen LogP contribution is -2.49. The zero-order valence-electron chi connectivity index (χ0n) is 14.4. The van der Waals surface area contributed by atoms with Crippen LogP contribution >= 0.6 is 0 Å². The van der Waals surface area contributed by atoms with Gasteiger partial charge in [0.05, 0.1) is 0 Å². The molecule has 2 heterocycles. The molecule has 1 aliphatic rings. The predicted octanol–water partition coefficient (Wildman–Crippen LogP) is 3.69. The van der Waals surface area contributed by atoms with Crippen molar-refractivity contribution in [3.63, 3.8) is 0 Å². The van der Waals surface area contributed by atoms with Crippen LogP contribution in [0, 0.1) is 6.92 Å². The molecule has 5 nitrogen and oxygen atoms in total. The summed E-state index contributed by atoms with van der Waals surface area (Å²) in [5, 5.41) is 0.883. The Kier molecular flexibility index (Phi) is 4.60. The highest BCUT2D eigenvalue weighted by Crippen LogP contribution is 2.26. The molecule has 1 aromatic heterocycles. The highest BCUT2D eigenvalue weighted by atomic mass is 16.5. The Hall–Kier alpha value is -2.30. The summed E-state index contributed by atoms with van der Waals surface area (Å²) < 4.78 is 10.8. The Morgan fingerprint density at radius 3 is 2.54 bits per heavy atom. The van der Waals surface area contributed by atoms with Gasteiger partial charge in [-0.05, 0) is 46.1 Å².